The third kappa shape index (κ3) is 3.86. The Labute approximate surface area is 133 Å². The van der Waals surface area contributed by atoms with E-state index in [4.69, 9.17) is 5.26 Å². The summed E-state index contributed by atoms with van der Waals surface area (Å²) in [5.41, 5.74) is 2.12. The second-order valence-corrected chi connectivity index (χ2v) is 5.31. The van der Waals surface area contributed by atoms with Crippen LogP contribution in [0.25, 0.3) is 0 Å². The van der Waals surface area contributed by atoms with E-state index in [-0.39, 0.29) is 24.8 Å². The fourth-order valence-electron chi connectivity index (χ4n) is 2.95. The maximum absolute atomic E-state index is 9.03. The molecule has 5 heteroatoms. The van der Waals surface area contributed by atoms with Crippen molar-refractivity contribution in [2.45, 2.75) is 18.9 Å². The summed E-state index contributed by atoms with van der Waals surface area (Å²) >= 11 is 0. The van der Waals surface area contributed by atoms with Crippen LogP contribution < -0.4 is 5.32 Å². The maximum atomic E-state index is 9.03. The van der Waals surface area contributed by atoms with Crippen LogP contribution in [0.5, 0.6) is 0 Å². The molecule has 1 heterocycles. The van der Waals surface area contributed by atoms with Gasteiger partial charge in [0.1, 0.15) is 0 Å². The van der Waals surface area contributed by atoms with Crippen LogP contribution in [0, 0.1) is 17.2 Å². The number of nitrogens with zero attached hydrogens (tertiary/aromatic N) is 2. The van der Waals surface area contributed by atoms with E-state index >= 15 is 0 Å². The minimum Gasteiger partial charge on any atom is -0.314 e. The molecule has 1 saturated carbocycles. The lowest BCUT2D eigenvalue weighted by molar-refractivity contribution is 0.156. The summed E-state index contributed by atoms with van der Waals surface area (Å²) in [5.74, 6) is 0.803. The maximum Gasteiger partial charge on any atom is 0.0991 e. The zero-order valence-electron chi connectivity index (χ0n) is 11.4. The standard InChI is InChI=1S/C15H19N3.2ClH/c16-11-12-2-1-3-14(10-12)15(13-4-5-13)18-8-6-17-7-9-18;;/h1-3,10,13,15,17H,4-9H2;2*1H/t15-;;/m1../s1. The van der Waals surface area contributed by atoms with E-state index in [1.54, 1.807) is 0 Å². The van der Waals surface area contributed by atoms with E-state index < -0.39 is 0 Å². The Morgan fingerprint density at radius 1 is 1.20 bits per heavy atom. The highest BCUT2D eigenvalue weighted by atomic mass is 35.5. The number of rotatable bonds is 3. The molecule has 3 nitrogen and oxygen atoms in total. The molecule has 0 unspecified atom stereocenters. The Morgan fingerprint density at radius 2 is 1.90 bits per heavy atom. The van der Waals surface area contributed by atoms with Gasteiger partial charge in [-0.15, -0.1) is 24.8 Å². The molecule has 2 fully saturated rings. The summed E-state index contributed by atoms with van der Waals surface area (Å²) in [6, 6.07) is 11.0. The highest BCUT2D eigenvalue weighted by Gasteiger charge is 2.36. The molecular weight excluding hydrogens is 293 g/mol. The molecule has 1 aromatic carbocycles. The largest absolute Gasteiger partial charge is 0.314 e. The summed E-state index contributed by atoms with van der Waals surface area (Å²) in [7, 11) is 0. The zero-order valence-corrected chi connectivity index (χ0v) is 13.1. The summed E-state index contributed by atoms with van der Waals surface area (Å²) in [6.07, 6.45) is 2.68. The first-order valence-corrected chi connectivity index (χ1v) is 6.83. The van der Waals surface area contributed by atoms with Gasteiger partial charge in [-0.1, -0.05) is 12.1 Å². The second kappa shape index (κ2) is 7.85. The van der Waals surface area contributed by atoms with Gasteiger partial charge in [0.25, 0.3) is 0 Å². The molecule has 110 valence electrons. The normalized spacial score (nSPS) is 20.1. The van der Waals surface area contributed by atoms with Crippen molar-refractivity contribution in [3.05, 3.63) is 35.4 Å². The van der Waals surface area contributed by atoms with Crippen molar-refractivity contribution >= 4 is 24.8 Å². The van der Waals surface area contributed by atoms with E-state index in [0.29, 0.717) is 6.04 Å². The average molecular weight is 314 g/mol. The van der Waals surface area contributed by atoms with Crippen LogP contribution in [0.2, 0.25) is 0 Å². The second-order valence-electron chi connectivity index (χ2n) is 5.31. The number of nitrogens with one attached hydrogen (secondary N) is 1. The van der Waals surface area contributed by atoms with Crippen LogP contribution in [0.15, 0.2) is 24.3 Å². The molecule has 0 amide bonds. The van der Waals surface area contributed by atoms with E-state index in [0.717, 1.165) is 37.7 Å². The van der Waals surface area contributed by atoms with Crippen LogP contribution in [0.1, 0.15) is 30.0 Å². The SMILES string of the molecule is Cl.Cl.N#Cc1cccc([C@@H](C2CC2)N2CCNCC2)c1. The third-order valence-electron chi connectivity index (χ3n) is 3.97. The Morgan fingerprint density at radius 3 is 2.50 bits per heavy atom. The van der Waals surface area contributed by atoms with E-state index in [2.05, 4.69) is 28.4 Å². The zero-order chi connectivity index (χ0) is 12.4. The van der Waals surface area contributed by atoms with Gasteiger partial charge in [-0.3, -0.25) is 4.90 Å². The van der Waals surface area contributed by atoms with Gasteiger partial charge >= 0.3 is 0 Å². The molecule has 0 bridgehead atoms. The number of piperazine rings is 1. The monoisotopic (exact) mass is 313 g/mol. The highest BCUT2D eigenvalue weighted by molar-refractivity contribution is 5.85. The Kier molecular flexibility index (Phi) is 6.78. The number of benzene rings is 1. The number of hydrogen-bond acceptors (Lipinski definition) is 3. The first-order chi connectivity index (χ1) is 8.88. The minimum absolute atomic E-state index is 0. The van der Waals surface area contributed by atoms with Crippen LogP contribution in [0.3, 0.4) is 0 Å². The van der Waals surface area contributed by atoms with Crippen molar-refractivity contribution in [1.29, 1.82) is 5.26 Å². The number of halogens is 2. The summed E-state index contributed by atoms with van der Waals surface area (Å²) in [6.45, 7) is 4.41. The van der Waals surface area contributed by atoms with E-state index in [1.807, 2.05) is 12.1 Å². The van der Waals surface area contributed by atoms with Gasteiger partial charge in [-0.2, -0.15) is 5.26 Å². The van der Waals surface area contributed by atoms with Crippen LogP contribution in [-0.4, -0.2) is 31.1 Å². The fourth-order valence-corrected chi connectivity index (χ4v) is 2.95. The van der Waals surface area contributed by atoms with E-state index in [1.165, 1.54) is 18.4 Å². The molecule has 3 rings (SSSR count). The lowest BCUT2D eigenvalue weighted by Crippen LogP contribution is -2.45. The molecular formula is C15H21Cl2N3. The highest BCUT2D eigenvalue weighted by Crippen LogP contribution is 2.44. The van der Waals surface area contributed by atoms with Gasteiger partial charge < -0.3 is 5.32 Å². The van der Waals surface area contributed by atoms with Gasteiger partial charge in [0, 0.05) is 32.2 Å². The Bertz CT molecular complexity index is 462. The van der Waals surface area contributed by atoms with Crippen molar-refractivity contribution < 1.29 is 0 Å². The Hall–Kier alpha value is -0.790. The summed E-state index contributed by atoms with van der Waals surface area (Å²) in [5, 5.41) is 12.4. The smallest absolute Gasteiger partial charge is 0.0991 e. The molecule has 1 saturated heterocycles. The van der Waals surface area contributed by atoms with Gasteiger partial charge in [0.15, 0.2) is 0 Å². The molecule has 1 N–H and O–H groups in total. The van der Waals surface area contributed by atoms with Gasteiger partial charge in [-0.05, 0) is 36.5 Å². The summed E-state index contributed by atoms with van der Waals surface area (Å²) in [4.78, 5) is 2.59. The van der Waals surface area contributed by atoms with Crippen LogP contribution in [-0.2, 0) is 0 Å². The van der Waals surface area contributed by atoms with Crippen molar-refractivity contribution in [2.75, 3.05) is 26.2 Å². The lowest BCUT2D eigenvalue weighted by Gasteiger charge is -2.35. The van der Waals surface area contributed by atoms with E-state index in [9.17, 15) is 0 Å². The topological polar surface area (TPSA) is 39.1 Å². The van der Waals surface area contributed by atoms with Crippen molar-refractivity contribution in [3.63, 3.8) is 0 Å². The minimum atomic E-state index is 0. The molecule has 1 aliphatic carbocycles. The summed E-state index contributed by atoms with van der Waals surface area (Å²) < 4.78 is 0. The number of hydrogen-bond donors (Lipinski definition) is 1. The first kappa shape index (κ1) is 17.3. The van der Waals surface area contributed by atoms with Crippen LogP contribution >= 0.6 is 24.8 Å². The fraction of sp³-hybridized carbons (Fsp3) is 0.533. The molecule has 0 spiro atoms. The quantitative estimate of drug-likeness (QED) is 0.932. The van der Waals surface area contributed by atoms with Gasteiger partial charge in [-0.25, -0.2) is 0 Å². The number of nitriles is 1. The van der Waals surface area contributed by atoms with Gasteiger partial charge in [0.2, 0.25) is 0 Å². The average Bonchev–Trinajstić information content (AvgIpc) is 3.25. The molecule has 0 radical (unpaired) electrons. The Balaban J connectivity index is 0.000001000. The van der Waals surface area contributed by atoms with Crippen LogP contribution in [0.4, 0.5) is 0 Å². The van der Waals surface area contributed by atoms with Gasteiger partial charge in [0.05, 0.1) is 11.6 Å². The molecule has 1 aromatic rings. The van der Waals surface area contributed by atoms with Crippen molar-refractivity contribution in [1.82, 2.24) is 10.2 Å². The third-order valence-corrected chi connectivity index (χ3v) is 3.97. The van der Waals surface area contributed by atoms with Crippen molar-refractivity contribution in [2.24, 2.45) is 5.92 Å². The molecule has 2 aliphatic rings. The molecule has 20 heavy (non-hydrogen) atoms. The molecule has 1 aliphatic heterocycles. The van der Waals surface area contributed by atoms with Crippen molar-refractivity contribution in [3.8, 4) is 6.07 Å². The molecule has 1 atom stereocenters. The predicted molar refractivity (Wildman–Crippen MR) is 85.6 cm³/mol. The lowest BCUT2D eigenvalue weighted by atomic mass is 9.98. The first-order valence-electron chi connectivity index (χ1n) is 6.83. The predicted octanol–water partition coefficient (Wildman–Crippen LogP) is 2.76. The molecule has 0 aromatic heterocycles.